The molecular formula is S3Sb2. The summed E-state index contributed by atoms with van der Waals surface area (Å²) >= 11 is 0. The van der Waals surface area contributed by atoms with Crippen LogP contribution in [0, 0.1) is 0 Å². The zero-order valence-electron chi connectivity index (χ0n) is 2.12. The molecule has 5 heteroatoms. The fraction of sp³-hybridized carbons (Fsp3) is 0. The molecule has 0 fully saturated rings. The van der Waals surface area contributed by atoms with Crippen LogP contribution in [0.1, 0.15) is 0 Å². The Hall–Kier alpha value is 2.69. The van der Waals surface area contributed by atoms with Gasteiger partial charge in [0, 0.05) is 0 Å². The zero-order valence-corrected chi connectivity index (χ0v) is 9.67. The van der Waals surface area contributed by atoms with Gasteiger partial charge in [0.15, 0.2) is 0 Å². The van der Waals surface area contributed by atoms with Crippen LogP contribution in [-0.4, -0.2) is 48.9 Å². The molecule has 5 heavy (non-hydrogen) atoms. The van der Waals surface area contributed by atoms with Crippen molar-refractivity contribution in [2.24, 2.45) is 0 Å². The summed E-state index contributed by atoms with van der Waals surface area (Å²) in [7, 11) is 0. The van der Waals surface area contributed by atoms with E-state index >= 15 is 0 Å². The molecule has 0 amide bonds. The van der Waals surface area contributed by atoms with E-state index in [4.69, 9.17) is 0 Å². The molecule has 0 saturated heterocycles. The minimum Gasteiger partial charge on any atom is -2.00 e. The summed E-state index contributed by atoms with van der Waals surface area (Å²) in [4.78, 5) is 0. The van der Waals surface area contributed by atoms with Crippen LogP contribution in [0.2, 0.25) is 0 Å². The molecule has 0 aliphatic carbocycles. The molecule has 0 aromatic carbocycles. The van der Waals surface area contributed by atoms with E-state index in [0.717, 1.165) is 0 Å². The molecule has 0 heterocycles. The van der Waals surface area contributed by atoms with Gasteiger partial charge < -0.3 is 40.5 Å². The molecule has 0 atom stereocenters. The monoisotopic (exact) mass is 338 g/mol. The Morgan fingerprint density at radius 2 is 0.400 bits per heavy atom. The SMILES string of the molecule is [S-2].[S-2].[S-2].[Sb+3].[Sb+3]. The number of hydrogen-bond acceptors (Lipinski definition) is 0. The third kappa shape index (κ3) is 20.3. The van der Waals surface area contributed by atoms with Crippen molar-refractivity contribution in [3.63, 3.8) is 0 Å². The summed E-state index contributed by atoms with van der Waals surface area (Å²) < 4.78 is 0. The Morgan fingerprint density at radius 1 is 0.400 bits per heavy atom. The predicted octanol–water partition coefficient (Wildman–Crippen LogP) is -0.769. The average Bonchev–Trinajstić information content (AvgIpc) is 0. The van der Waals surface area contributed by atoms with Crippen LogP contribution in [0.25, 0.3) is 0 Å². The molecule has 0 N–H and O–H groups in total. The fourth-order valence-electron chi connectivity index (χ4n) is 0. The first kappa shape index (κ1) is 47.6. The maximum atomic E-state index is 0. The van der Waals surface area contributed by atoms with E-state index < -0.39 is 0 Å². The molecule has 0 nitrogen and oxygen atoms in total. The van der Waals surface area contributed by atoms with Crippen molar-refractivity contribution < 1.29 is 0 Å². The molecule has 0 saturated carbocycles. The van der Waals surface area contributed by atoms with Gasteiger partial charge in [0.2, 0.25) is 0 Å². The Bertz CT molecular complexity index is 4.85. The van der Waals surface area contributed by atoms with Crippen molar-refractivity contribution in [1.29, 1.82) is 0 Å². The smallest absolute Gasteiger partial charge is 2.00 e. The molecule has 28 valence electrons. The van der Waals surface area contributed by atoms with Crippen molar-refractivity contribution in [2.45, 2.75) is 0 Å². The van der Waals surface area contributed by atoms with E-state index in [1.165, 1.54) is 0 Å². The van der Waals surface area contributed by atoms with Crippen LogP contribution in [0.4, 0.5) is 0 Å². The van der Waals surface area contributed by atoms with Crippen molar-refractivity contribution in [3.05, 3.63) is 0 Å². The molecule has 0 aliphatic rings. The summed E-state index contributed by atoms with van der Waals surface area (Å²) in [5.41, 5.74) is 0. The van der Waals surface area contributed by atoms with E-state index in [2.05, 4.69) is 0 Å². The van der Waals surface area contributed by atoms with Crippen LogP contribution < -0.4 is 0 Å². The molecule has 0 aromatic rings. The van der Waals surface area contributed by atoms with Crippen LogP contribution in [0.5, 0.6) is 0 Å². The van der Waals surface area contributed by atoms with E-state index in [1.54, 1.807) is 0 Å². The normalized spacial score (nSPS) is 0. The van der Waals surface area contributed by atoms with Gasteiger partial charge in [0.05, 0.1) is 0 Å². The van der Waals surface area contributed by atoms with Gasteiger partial charge in [-0.3, -0.25) is 0 Å². The van der Waals surface area contributed by atoms with Gasteiger partial charge in [0.1, 0.15) is 0 Å². The Balaban J connectivity index is 0. The summed E-state index contributed by atoms with van der Waals surface area (Å²) in [5, 5.41) is 0. The average molecular weight is 340 g/mol. The number of hydrogen-bond donors (Lipinski definition) is 0. The summed E-state index contributed by atoms with van der Waals surface area (Å²) in [6.45, 7) is 0. The van der Waals surface area contributed by atoms with Crippen LogP contribution in [0.15, 0.2) is 0 Å². The topological polar surface area (TPSA) is 0 Å². The Labute approximate surface area is 88.1 Å². The van der Waals surface area contributed by atoms with Gasteiger partial charge in [-0.1, -0.05) is 0 Å². The van der Waals surface area contributed by atoms with Crippen LogP contribution in [-0.2, 0) is 40.5 Å². The molecule has 0 spiro atoms. The largest absolute Gasteiger partial charge is 3.00 e. The van der Waals surface area contributed by atoms with Crippen LogP contribution >= 0.6 is 0 Å². The molecule has 0 unspecified atom stereocenters. The molecule has 0 aliphatic heterocycles. The second-order valence-corrected chi connectivity index (χ2v) is 0. The minimum atomic E-state index is 0. The van der Waals surface area contributed by atoms with Crippen molar-refractivity contribution in [3.8, 4) is 0 Å². The first-order valence-corrected chi connectivity index (χ1v) is 0. The first-order valence-electron chi connectivity index (χ1n) is 0. The van der Waals surface area contributed by atoms with E-state index in [0.29, 0.717) is 0 Å². The third-order valence-corrected chi connectivity index (χ3v) is 0. The van der Waals surface area contributed by atoms with Gasteiger partial charge in [-0.25, -0.2) is 0 Å². The molecule has 0 rings (SSSR count). The second-order valence-electron chi connectivity index (χ2n) is 0. The quantitative estimate of drug-likeness (QED) is 0.509. The van der Waals surface area contributed by atoms with Gasteiger partial charge in [0.25, 0.3) is 0 Å². The maximum Gasteiger partial charge on any atom is 3.00 e. The number of rotatable bonds is 0. The van der Waals surface area contributed by atoms with Crippen molar-refractivity contribution >= 4 is 89.3 Å². The van der Waals surface area contributed by atoms with E-state index in [-0.39, 0.29) is 89.3 Å². The van der Waals surface area contributed by atoms with Gasteiger partial charge in [-0.15, -0.1) is 0 Å². The molecule has 0 bridgehead atoms. The maximum absolute atomic E-state index is 0. The third-order valence-electron chi connectivity index (χ3n) is 0. The van der Waals surface area contributed by atoms with Gasteiger partial charge in [-0.05, 0) is 0 Å². The molecule has 0 aromatic heterocycles. The summed E-state index contributed by atoms with van der Waals surface area (Å²) in [5.74, 6) is 0. The van der Waals surface area contributed by atoms with E-state index in [9.17, 15) is 0 Å². The Kier molecular flexibility index (Phi) is 285. The predicted molar refractivity (Wildman–Crippen MR) is 33.6 cm³/mol. The summed E-state index contributed by atoms with van der Waals surface area (Å²) in [6.07, 6.45) is 0. The Morgan fingerprint density at radius 3 is 0.400 bits per heavy atom. The molecular weight excluding hydrogens is 340 g/mol. The van der Waals surface area contributed by atoms with Crippen molar-refractivity contribution in [2.75, 3.05) is 0 Å². The van der Waals surface area contributed by atoms with Gasteiger partial charge >= 0.3 is 48.9 Å². The van der Waals surface area contributed by atoms with Crippen molar-refractivity contribution in [1.82, 2.24) is 0 Å². The van der Waals surface area contributed by atoms with E-state index in [1.807, 2.05) is 0 Å². The zero-order chi connectivity index (χ0) is 0. The minimum absolute atomic E-state index is 0. The first-order chi connectivity index (χ1) is 0. The standard InChI is InChI=1S/3S.2Sb/q3*-2;2*+3. The van der Waals surface area contributed by atoms with Gasteiger partial charge in [-0.2, -0.15) is 0 Å². The fourth-order valence-corrected chi connectivity index (χ4v) is 0. The molecule has 4 radical (unpaired) electrons. The summed E-state index contributed by atoms with van der Waals surface area (Å²) in [6, 6.07) is 0. The van der Waals surface area contributed by atoms with Crippen LogP contribution in [0.3, 0.4) is 0 Å². The second kappa shape index (κ2) is 30.0.